The number of nitrogens with two attached hydrogens (primary N) is 1. The first kappa shape index (κ1) is 36.6. The maximum atomic E-state index is 13.8. The van der Waals surface area contributed by atoms with E-state index in [2.05, 4.69) is 56.9 Å². The van der Waals surface area contributed by atoms with Crippen molar-refractivity contribution in [3.63, 3.8) is 0 Å². The molecule has 0 aliphatic carbocycles. The fourth-order valence-electron chi connectivity index (χ4n) is 5.73. The number of phenols is 2. The van der Waals surface area contributed by atoms with Gasteiger partial charge < -0.3 is 25.7 Å². The zero-order chi connectivity index (χ0) is 35.2. The number of benzene rings is 4. The van der Waals surface area contributed by atoms with E-state index in [-0.39, 0.29) is 11.3 Å². The first-order chi connectivity index (χ1) is 23.8. The lowest BCUT2D eigenvalue weighted by Crippen LogP contribution is -2.17. The van der Waals surface area contributed by atoms with Crippen LogP contribution in [0.5, 0.6) is 11.5 Å². The van der Waals surface area contributed by atoms with Gasteiger partial charge in [-0.2, -0.15) is 0 Å². The predicted molar refractivity (Wildman–Crippen MR) is 199 cm³/mol. The maximum absolute atomic E-state index is 13.8. The second kappa shape index (κ2) is 18.3. The number of aliphatic imine (C=N–C) groups is 1. The molecule has 0 spiro atoms. The molecule has 0 aromatic heterocycles. The van der Waals surface area contributed by atoms with Crippen molar-refractivity contribution in [2.45, 2.75) is 25.7 Å². The van der Waals surface area contributed by atoms with Crippen molar-refractivity contribution >= 4 is 48.2 Å². The van der Waals surface area contributed by atoms with E-state index < -0.39 is 17.4 Å². The van der Waals surface area contributed by atoms with Crippen molar-refractivity contribution in [1.82, 2.24) is 0 Å². The Balaban J connectivity index is 0.000000210. The minimum Gasteiger partial charge on any atom is -0.504 e. The highest BCUT2D eigenvalue weighted by Crippen LogP contribution is 2.26. The SMILES string of the molecule is CN.CN=Cc1cc(/C=C/c2ccc(N3CCCC3)cc2)cc(F)c1O.O=Cc1cc(/C=C/c2ccc(N3CCCC3)cc2)cc(F)c1O. The molecule has 0 unspecified atom stereocenters. The van der Waals surface area contributed by atoms with Gasteiger partial charge in [0, 0.05) is 56.4 Å². The number of aldehydes is 1. The molecule has 2 heterocycles. The summed E-state index contributed by atoms with van der Waals surface area (Å²) in [6.07, 6.45) is 14.2. The van der Waals surface area contributed by atoms with Gasteiger partial charge in [-0.25, -0.2) is 8.78 Å². The number of rotatable bonds is 8. The third kappa shape index (κ3) is 10.1. The molecular weight excluding hydrogens is 622 g/mol. The third-order valence-corrected chi connectivity index (χ3v) is 8.29. The molecule has 4 aromatic carbocycles. The fraction of sp³-hybridized carbons (Fsp3) is 0.250. The number of hydrogen-bond acceptors (Lipinski definition) is 7. The van der Waals surface area contributed by atoms with Crippen LogP contribution in [-0.4, -0.2) is 63.0 Å². The highest BCUT2D eigenvalue weighted by Gasteiger charge is 2.13. The molecule has 49 heavy (non-hydrogen) atoms. The lowest BCUT2D eigenvalue weighted by Gasteiger charge is -2.17. The monoisotopic (exact) mass is 666 g/mol. The van der Waals surface area contributed by atoms with Gasteiger partial charge in [0.15, 0.2) is 29.4 Å². The molecule has 0 radical (unpaired) electrons. The van der Waals surface area contributed by atoms with Crippen molar-refractivity contribution in [2.24, 2.45) is 10.7 Å². The van der Waals surface area contributed by atoms with Gasteiger partial charge in [0.1, 0.15) is 0 Å². The van der Waals surface area contributed by atoms with Crippen LogP contribution < -0.4 is 15.5 Å². The Labute approximate surface area is 287 Å². The Hall–Kier alpha value is -5.28. The minimum atomic E-state index is -0.793. The molecule has 2 saturated heterocycles. The first-order valence-corrected chi connectivity index (χ1v) is 16.4. The molecule has 7 nitrogen and oxygen atoms in total. The molecule has 0 atom stereocenters. The standard InChI is InChI=1S/C20H21FN2O.C19H18FNO2.CH5N/c1-22-14-17-12-16(13-19(21)20(17)24)5-4-15-6-8-18(9-7-15)23-10-2-3-11-23;20-18-12-15(11-16(13-22)19(18)23)4-3-14-5-7-17(8-6-14)21-9-1-2-10-21;1-2/h4-9,12-14,24H,2-3,10-11H2,1H3;3-8,11-13,23H,1-2,9-10H2;2H2,1H3/b5-4+,22-14?;4-3+;. The Morgan fingerprint density at radius 1 is 0.612 bits per heavy atom. The summed E-state index contributed by atoms with van der Waals surface area (Å²) in [7, 11) is 3.09. The van der Waals surface area contributed by atoms with Crippen LogP contribution in [-0.2, 0) is 0 Å². The Kier molecular flexibility index (Phi) is 13.7. The fourth-order valence-corrected chi connectivity index (χ4v) is 5.73. The molecule has 2 aliphatic heterocycles. The van der Waals surface area contributed by atoms with Gasteiger partial charge in [-0.1, -0.05) is 48.6 Å². The average Bonchev–Trinajstić information content (AvgIpc) is 3.88. The summed E-state index contributed by atoms with van der Waals surface area (Å²) in [6, 6.07) is 22.3. The van der Waals surface area contributed by atoms with Gasteiger partial charge in [-0.05, 0) is 104 Å². The molecule has 4 aromatic rings. The molecule has 0 saturated carbocycles. The molecule has 256 valence electrons. The third-order valence-electron chi connectivity index (χ3n) is 8.29. The van der Waals surface area contributed by atoms with Crippen LogP contribution in [0.1, 0.15) is 63.9 Å². The van der Waals surface area contributed by atoms with E-state index in [1.165, 1.54) is 68.5 Å². The van der Waals surface area contributed by atoms with E-state index in [0.29, 0.717) is 23.0 Å². The summed E-state index contributed by atoms with van der Waals surface area (Å²) in [4.78, 5) is 19.4. The van der Waals surface area contributed by atoms with Crippen LogP contribution in [0, 0.1) is 11.6 Å². The number of carbonyl (C=O) groups excluding carboxylic acids is 1. The summed E-state index contributed by atoms with van der Waals surface area (Å²) in [5.74, 6) is -2.41. The van der Waals surface area contributed by atoms with Crippen molar-refractivity contribution in [2.75, 3.05) is 50.1 Å². The van der Waals surface area contributed by atoms with Crippen LogP contribution in [0.15, 0.2) is 77.8 Å². The van der Waals surface area contributed by atoms with Gasteiger partial charge in [0.25, 0.3) is 0 Å². The number of nitrogens with zero attached hydrogens (tertiary/aromatic N) is 3. The van der Waals surface area contributed by atoms with E-state index in [1.54, 1.807) is 19.2 Å². The molecular formula is C40H44F2N4O3. The van der Waals surface area contributed by atoms with E-state index in [4.69, 9.17) is 0 Å². The highest BCUT2D eigenvalue weighted by atomic mass is 19.1. The zero-order valence-corrected chi connectivity index (χ0v) is 28.0. The zero-order valence-electron chi connectivity index (χ0n) is 28.0. The van der Waals surface area contributed by atoms with Gasteiger partial charge in [-0.15, -0.1) is 0 Å². The molecule has 0 amide bonds. The Bertz CT molecular complexity index is 1760. The van der Waals surface area contributed by atoms with Crippen molar-refractivity contribution in [1.29, 1.82) is 0 Å². The van der Waals surface area contributed by atoms with Gasteiger partial charge in [-0.3, -0.25) is 9.79 Å². The predicted octanol–water partition coefficient (Wildman–Crippen LogP) is 8.04. The Morgan fingerprint density at radius 2 is 0.980 bits per heavy atom. The minimum absolute atomic E-state index is 0.0472. The topological polar surface area (TPSA) is 102 Å². The number of carbonyl (C=O) groups is 1. The van der Waals surface area contributed by atoms with Crippen molar-refractivity contribution in [3.8, 4) is 11.5 Å². The summed E-state index contributed by atoms with van der Waals surface area (Å²) in [5.41, 5.74) is 10.6. The van der Waals surface area contributed by atoms with Crippen LogP contribution in [0.2, 0.25) is 0 Å². The average molecular weight is 667 g/mol. The molecule has 2 aliphatic rings. The molecule has 6 rings (SSSR count). The maximum Gasteiger partial charge on any atom is 0.166 e. The van der Waals surface area contributed by atoms with Crippen LogP contribution in [0.3, 0.4) is 0 Å². The highest BCUT2D eigenvalue weighted by molar-refractivity contribution is 5.85. The summed E-state index contributed by atoms with van der Waals surface area (Å²) in [6.45, 7) is 4.47. The smallest absolute Gasteiger partial charge is 0.166 e. The van der Waals surface area contributed by atoms with E-state index in [9.17, 15) is 23.8 Å². The lowest BCUT2D eigenvalue weighted by molar-refractivity contribution is 0.112. The first-order valence-electron chi connectivity index (χ1n) is 16.4. The van der Waals surface area contributed by atoms with E-state index in [1.807, 2.05) is 30.4 Å². The molecule has 4 N–H and O–H groups in total. The molecule has 2 fully saturated rings. The summed E-state index contributed by atoms with van der Waals surface area (Å²) < 4.78 is 27.3. The van der Waals surface area contributed by atoms with Crippen LogP contribution in [0.4, 0.5) is 20.2 Å². The van der Waals surface area contributed by atoms with E-state index >= 15 is 0 Å². The number of phenolic OH excluding ortho intramolecular Hbond substituents is 2. The normalized spacial score (nSPS) is 14.3. The Morgan fingerprint density at radius 3 is 1.37 bits per heavy atom. The second-order valence-electron chi connectivity index (χ2n) is 11.6. The summed E-state index contributed by atoms with van der Waals surface area (Å²) in [5, 5.41) is 19.1. The van der Waals surface area contributed by atoms with Crippen LogP contribution in [0.25, 0.3) is 24.3 Å². The second-order valence-corrected chi connectivity index (χ2v) is 11.6. The lowest BCUT2D eigenvalue weighted by atomic mass is 10.1. The number of hydrogen-bond donors (Lipinski definition) is 3. The number of anilines is 2. The van der Waals surface area contributed by atoms with Crippen molar-refractivity contribution < 1.29 is 23.8 Å². The van der Waals surface area contributed by atoms with Gasteiger partial charge in [0.2, 0.25) is 0 Å². The molecule has 9 heteroatoms. The van der Waals surface area contributed by atoms with Gasteiger partial charge >= 0.3 is 0 Å². The van der Waals surface area contributed by atoms with Crippen LogP contribution >= 0.6 is 0 Å². The largest absolute Gasteiger partial charge is 0.504 e. The number of halogens is 2. The quantitative estimate of drug-likeness (QED) is 0.1000. The number of aromatic hydroxyl groups is 2. The summed E-state index contributed by atoms with van der Waals surface area (Å²) >= 11 is 0. The van der Waals surface area contributed by atoms with Gasteiger partial charge in [0.05, 0.1) is 5.56 Å². The molecule has 0 bridgehead atoms. The van der Waals surface area contributed by atoms with Crippen molar-refractivity contribution in [3.05, 3.63) is 118 Å². The van der Waals surface area contributed by atoms with E-state index in [0.717, 1.165) is 37.3 Å².